The zero-order chi connectivity index (χ0) is 15.1. The predicted molar refractivity (Wildman–Crippen MR) is 81.8 cm³/mol. The maximum Gasteiger partial charge on any atom is 0.235 e. The number of primary amides is 1. The minimum absolute atomic E-state index is 0.121. The Bertz CT molecular complexity index is 612. The molecule has 1 heterocycles. The smallest absolute Gasteiger partial charge is 0.235 e. The van der Waals surface area contributed by atoms with Crippen LogP contribution in [0.2, 0.25) is 0 Å². The third-order valence-corrected chi connectivity index (χ3v) is 3.62. The molecule has 110 valence electrons. The Morgan fingerprint density at radius 3 is 2.71 bits per heavy atom. The van der Waals surface area contributed by atoms with Crippen LogP contribution in [0, 0.1) is 0 Å². The van der Waals surface area contributed by atoms with Gasteiger partial charge in [-0.15, -0.1) is 11.8 Å². The molecular formula is C14H16N4O2S. The summed E-state index contributed by atoms with van der Waals surface area (Å²) in [4.78, 5) is 23.5. The van der Waals surface area contributed by atoms with E-state index in [4.69, 9.17) is 5.73 Å². The van der Waals surface area contributed by atoms with Gasteiger partial charge in [0.25, 0.3) is 0 Å². The molecule has 0 saturated carbocycles. The number of hydrogen-bond acceptors (Lipinski definition) is 4. The summed E-state index contributed by atoms with van der Waals surface area (Å²) >= 11 is 1.46. The second-order valence-electron chi connectivity index (χ2n) is 4.33. The Morgan fingerprint density at radius 1 is 1.24 bits per heavy atom. The molecule has 0 radical (unpaired) electrons. The fourth-order valence-corrected chi connectivity index (χ4v) is 2.34. The molecule has 0 aliphatic rings. The standard InChI is InChI=1S/C14H16N4O2S/c15-12(19)6-8-18-9-7-13(17-18)16-14(20)10-21-11-4-2-1-3-5-11/h1-5,7,9H,6,8,10H2,(H2,15,19)(H,16,17,20). The maximum atomic E-state index is 11.8. The van der Waals surface area contributed by atoms with Crippen LogP contribution in [0.15, 0.2) is 47.5 Å². The summed E-state index contributed by atoms with van der Waals surface area (Å²) in [6.07, 6.45) is 1.92. The zero-order valence-corrected chi connectivity index (χ0v) is 12.2. The maximum absolute atomic E-state index is 11.8. The molecule has 2 amide bonds. The number of carbonyl (C=O) groups is 2. The molecule has 0 unspecified atom stereocenters. The number of nitrogens with two attached hydrogens (primary N) is 1. The van der Waals surface area contributed by atoms with Gasteiger partial charge in [0.1, 0.15) is 0 Å². The molecule has 0 aliphatic carbocycles. The molecule has 7 heteroatoms. The van der Waals surface area contributed by atoms with E-state index in [1.54, 1.807) is 16.9 Å². The van der Waals surface area contributed by atoms with E-state index in [1.807, 2.05) is 30.3 Å². The van der Waals surface area contributed by atoms with Crippen LogP contribution in [0.1, 0.15) is 6.42 Å². The van der Waals surface area contributed by atoms with Crippen LogP contribution in [-0.4, -0.2) is 27.3 Å². The van der Waals surface area contributed by atoms with Crippen molar-refractivity contribution in [2.24, 2.45) is 5.73 Å². The van der Waals surface area contributed by atoms with Crippen molar-refractivity contribution in [2.75, 3.05) is 11.1 Å². The first-order valence-electron chi connectivity index (χ1n) is 6.43. The lowest BCUT2D eigenvalue weighted by Crippen LogP contribution is -2.16. The average molecular weight is 304 g/mol. The van der Waals surface area contributed by atoms with Gasteiger partial charge in [-0.1, -0.05) is 18.2 Å². The molecule has 1 aromatic heterocycles. The molecule has 21 heavy (non-hydrogen) atoms. The summed E-state index contributed by atoms with van der Waals surface area (Å²) in [7, 11) is 0. The van der Waals surface area contributed by atoms with Crippen LogP contribution in [0.25, 0.3) is 0 Å². The summed E-state index contributed by atoms with van der Waals surface area (Å²) in [6.45, 7) is 0.407. The minimum atomic E-state index is -0.379. The van der Waals surface area contributed by atoms with E-state index in [0.29, 0.717) is 18.1 Å². The number of benzene rings is 1. The van der Waals surface area contributed by atoms with Crippen LogP contribution in [0.5, 0.6) is 0 Å². The lowest BCUT2D eigenvalue weighted by atomic mass is 10.4. The molecule has 0 aliphatic heterocycles. The van der Waals surface area contributed by atoms with Gasteiger partial charge < -0.3 is 11.1 Å². The van der Waals surface area contributed by atoms with Crippen molar-refractivity contribution < 1.29 is 9.59 Å². The normalized spacial score (nSPS) is 10.3. The van der Waals surface area contributed by atoms with Crippen LogP contribution in [0.4, 0.5) is 5.82 Å². The summed E-state index contributed by atoms with van der Waals surface area (Å²) < 4.78 is 1.57. The topological polar surface area (TPSA) is 90.0 Å². The van der Waals surface area contributed by atoms with E-state index in [2.05, 4.69) is 10.4 Å². The van der Waals surface area contributed by atoms with Gasteiger partial charge in [0.05, 0.1) is 5.75 Å². The second kappa shape index (κ2) is 7.49. The van der Waals surface area contributed by atoms with Crippen molar-refractivity contribution in [3.8, 4) is 0 Å². The molecule has 1 aromatic carbocycles. The highest BCUT2D eigenvalue weighted by molar-refractivity contribution is 8.00. The van der Waals surface area contributed by atoms with Crippen LogP contribution in [0.3, 0.4) is 0 Å². The van der Waals surface area contributed by atoms with E-state index in [0.717, 1.165) is 4.90 Å². The fourth-order valence-electron chi connectivity index (χ4n) is 1.62. The molecule has 0 atom stereocenters. The van der Waals surface area contributed by atoms with Crippen molar-refractivity contribution in [2.45, 2.75) is 17.9 Å². The largest absolute Gasteiger partial charge is 0.370 e. The molecule has 0 saturated heterocycles. The van der Waals surface area contributed by atoms with E-state index in [1.165, 1.54) is 11.8 Å². The highest BCUT2D eigenvalue weighted by Gasteiger charge is 2.06. The monoisotopic (exact) mass is 304 g/mol. The van der Waals surface area contributed by atoms with E-state index < -0.39 is 0 Å². The molecule has 3 N–H and O–H groups in total. The van der Waals surface area contributed by atoms with Crippen LogP contribution in [-0.2, 0) is 16.1 Å². The van der Waals surface area contributed by atoms with E-state index in [9.17, 15) is 9.59 Å². The first kappa shape index (κ1) is 15.1. The average Bonchev–Trinajstić information content (AvgIpc) is 2.91. The Balaban J connectivity index is 1.78. The molecular weight excluding hydrogens is 288 g/mol. The van der Waals surface area contributed by atoms with Gasteiger partial charge in [-0.2, -0.15) is 5.10 Å². The number of carbonyl (C=O) groups excluding carboxylic acids is 2. The number of nitrogens with zero attached hydrogens (tertiary/aromatic N) is 2. The summed E-state index contributed by atoms with van der Waals surface area (Å²) in [5.41, 5.74) is 5.07. The number of thioether (sulfide) groups is 1. The van der Waals surface area contributed by atoms with Crippen molar-refractivity contribution in [1.29, 1.82) is 0 Å². The highest BCUT2D eigenvalue weighted by Crippen LogP contribution is 2.17. The lowest BCUT2D eigenvalue weighted by Gasteiger charge is -2.02. The van der Waals surface area contributed by atoms with Gasteiger partial charge in [0, 0.05) is 30.1 Å². The van der Waals surface area contributed by atoms with Gasteiger partial charge in [-0.3, -0.25) is 14.3 Å². The zero-order valence-electron chi connectivity index (χ0n) is 11.4. The Hall–Kier alpha value is -2.28. The van der Waals surface area contributed by atoms with Crippen LogP contribution < -0.4 is 11.1 Å². The number of aromatic nitrogens is 2. The van der Waals surface area contributed by atoms with Gasteiger partial charge in [-0.25, -0.2) is 0 Å². The van der Waals surface area contributed by atoms with Gasteiger partial charge in [0.15, 0.2) is 5.82 Å². The predicted octanol–water partition coefficient (Wildman–Crippen LogP) is 1.49. The molecule has 2 aromatic rings. The highest BCUT2D eigenvalue weighted by atomic mass is 32.2. The fraction of sp³-hybridized carbons (Fsp3) is 0.214. The number of amides is 2. The first-order valence-corrected chi connectivity index (χ1v) is 7.41. The Morgan fingerprint density at radius 2 is 2.00 bits per heavy atom. The first-order chi connectivity index (χ1) is 10.1. The Kier molecular flexibility index (Phi) is 5.39. The third kappa shape index (κ3) is 5.31. The number of hydrogen-bond donors (Lipinski definition) is 2. The summed E-state index contributed by atoms with van der Waals surface area (Å²) in [6, 6.07) is 11.4. The molecule has 0 fully saturated rings. The quantitative estimate of drug-likeness (QED) is 0.758. The van der Waals surface area contributed by atoms with E-state index >= 15 is 0 Å². The van der Waals surface area contributed by atoms with Crippen molar-refractivity contribution >= 4 is 29.4 Å². The Labute approximate surface area is 126 Å². The summed E-state index contributed by atoms with van der Waals surface area (Å²) in [5, 5.41) is 6.86. The number of nitrogens with one attached hydrogen (secondary N) is 1. The van der Waals surface area contributed by atoms with Crippen LogP contribution >= 0.6 is 11.8 Å². The SMILES string of the molecule is NC(=O)CCn1ccc(NC(=O)CSc2ccccc2)n1. The molecule has 0 spiro atoms. The van der Waals surface area contributed by atoms with Crippen molar-refractivity contribution in [3.05, 3.63) is 42.6 Å². The second-order valence-corrected chi connectivity index (χ2v) is 5.38. The molecule has 6 nitrogen and oxygen atoms in total. The van der Waals surface area contributed by atoms with Gasteiger partial charge in [0.2, 0.25) is 11.8 Å². The number of rotatable bonds is 7. The number of aryl methyl sites for hydroxylation is 1. The third-order valence-electron chi connectivity index (χ3n) is 2.61. The lowest BCUT2D eigenvalue weighted by molar-refractivity contribution is -0.118. The van der Waals surface area contributed by atoms with Crippen molar-refractivity contribution in [1.82, 2.24) is 9.78 Å². The van der Waals surface area contributed by atoms with Gasteiger partial charge in [-0.05, 0) is 12.1 Å². The van der Waals surface area contributed by atoms with Gasteiger partial charge >= 0.3 is 0 Å². The van der Waals surface area contributed by atoms with E-state index in [-0.39, 0.29) is 18.2 Å². The molecule has 0 bridgehead atoms. The molecule has 2 rings (SSSR count). The number of anilines is 1. The van der Waals surface area contributed by atoms with Crippen molar-refractivity contribution in [3.63, 3.8) is 0 Å². The minimum Gasteiger partial charge on any atom is -0.370 e. The summed E-state index contributed by atoms with van der Waals surface area (Å²) in [5.74, 6) is 0.288.